The normalized spacial score (nSPS) is 20.6. The van der Waals surface area contributed by atoms with Crippen molar-refractivity contribution < 1.29 is 4.79 Å². The Kier molecular flexibility index (Phi) is 3.57. The van der Waals surface area contributed by atoms with E-state index >= 15 is 0 Å². The first-order valence-electron chi connectivity index (χ1n) is 5.70. The topological polar surface area (TPSA) is 29.1 Å². The number of hydrogen-bond acceptors (Lipinski definition) is 1. The Morgan fingerprint density at radius 2 is 1.71 bits per heavy atom. The molecule has 0 aromatic carbocycles. The summed E-state index contributed by atoms with van der Waals surface area (Å²) in [6, 6.07) is 0. The van der Waals surface area contributed by atoms with Crippen molar-refractivity contribution in [1.29, 1.82) is 0 Å². The second-order valence-electron chi connectivity index (χ2n) is 5.65. The van der Waals surface area contributed by atoms with E-state index in [1.807, 2.05) is 0 Å². The van der Waals surface area contributed by atoms with Gasteiger partial charge < -0.3 is 5.32 Å². The van der Waals surface area contributed by atoms with Crippen molar-refractivity contribution in [2.45, 2.75) is 47.0 Å². The maximum atomic E-state index is 11.3. The van der Waals surface area contributed by atoms with E-state index in [0.29, 0.717) is 11.8 Å². The molecular formula is C12H23NO. The maximum absolute atomic E-state index is 11.3. The van der Waals surface area contributed by atoms with E-state index in [2.05, 4.69) is 33.0 Å². The monoisotopic (exact) mass is 197 g/mol. The van der Waals surface area contributed by atoms with Gasteiger partial charge in [-0.05, 0) is 30.1 Å². The molecule has 2 heteroatoms. The lowest BCUT2D eigenvalue weighted by atomic mass is 9.73. The molecule has 1 N–H and O–H groups in total. The molecule has 0 spiro atoms. The van der Waals surface area contributed by atoms with Crippen LogP contribution in [0, 0.1) is 17.3 Å². The minimum Gasteiger partial charge on any atom is -0.356 e. The standard InChI is InChI=1S/C12H23NO/c1-9(2)5-12(6-10(3)4)7-11(14)13-8-12/h9-10H,5-8H2,1-4H3,(H,13,14). The first-order chi connectivity index (χ1) is 6.43. The fourth-order valence-corrected chi connectivity index (χ4v) is 2.86. The van der Waals surface area contributed by atoms with Crippen LogP contribution in [0.4, 0.5) is 0 Å². The van der Waals surface area contributed by atoms with Gasteiger partial charge in [0.25, 0.3) is 0 Å². The molecule has 2 nitrogen and oxygen atoms in total. The minimum atomic E-state index is 0.242. The van der Waals surface area contributed by atoms with E-state index in [-0.39, 0.29) is 11.3 Å². The van der Waals surface area contributed by atoms with Crippen LogP contribution in [0.25, 0.3) is 0 Å². The Balaban J connectivity index is 2.64. The molecule has 0 atom stereocenters. The summed E-state index contributed by atoms with van der Waals surface area (Å²) >= 11 is 0. The number of carbonyl (C=O) groups excluding carboxylic acids is 1. The first kappa shape index (κ1) is 11.5. The van der Waals surface area contributed by atoms with Crippen LogP contribution in [0.5, 0.6) is 0 Å². The minimum absolute atomic E-state index is 0.242. The maximum Gasteiger partial charge on any atom is 0.220 e. The lowest BCUT2D eigenvalue weighted by Gasteiger charge is -2.30. The summed E-state index contributed by atoms with van der Waals surface area (Å²) in [7, 11) is 0. The van der Waals surface area contributed by atoms with Crippen molar-refractivity contribution in [1.82, 2.24) is 5.32 Å². The Bertz CT molecular complexity index is 198. The van der Waals surface area contributed by atoms with Gasteiger partial charge in [0, 0.05) is 13.0 Å². The highest BCUT2D eigenvalue weighted by Gasteiger charge is 2.38. The molecule has 1 aliphatic rings. The van der Waals surface area contributed by atoms with Crippen LogP contribution in [0.3, 0.4) is 0 Å². The van der Waals surface area contributed by atoms with E-state index < -0.39 is 0 Å². The number of amides is 1. The molecule has 1 saturated heterocycles. The van der Waals surface area contributed by atoms with Crippen LogP contribution in [0.2, 0.25) is 0 Å². The van der Waals surface area contributed by atoms with Crippen molar-refractivity contribution in [3.05, 3.63) is 0 Å². The van der Waals surface area contributed by atoms with Gasteiger partial charge in [-0.15, -0.1) is 0 Å². The van der Waals surface area contributed by atoms with Gasteiger partial charge in [-0.25, -0.2) is 0 Å². The molecule has 0 radical (unpaired) electrons. The van der Waals surface area contributed by atoms with Crippen LogP contribution in [-0.4, -0.2) is 12.5 Å². The van der Waals surface area contributed by atoms with E-state index in [4.69, 9.17) is 0 Å². The average Bonchev–Trinajstić information content (AvgIpc) is 2.28. The summed E-state index contributed by atoms with van der Waals surface area (Å²) in [5.41, 5.74) is 0.249. The van der Waals surface area contributed by atoms with E-state index in [1.165, 1.54) is 12.8 Å². The van der Waals surface area contributed by atoms with Crippen LogP contribution in [0.15, 0.2) is 0 Å². The summed E-state index contributed by atoms with van der Waals surface area (Å²) in [5.74, 6) is 1.61. The smallest absolute Gasteiger partial charge is 0.220 e. The molecule has 1 heterocycles. The molecule has 0 unspecified atom stereocenters. The summed E-state index contributed by atoms with van der Waals surface area (Å²) in [5, 5.41) is 2.98. The molecule has 0 bridgehead atoms. The van der Waals surface area contributed by atoms with Gasteiger partial charge in [-0.2, -0.15) is 0 Å². The lowest BCUT2D eigenvalue weighted by molar-refractivity contribution is -0.119. The third-order valence-corrected chi connectivity index (χ3v) is 2.88. The highest BCUT2D eigenvalue weighted by Crippen LogP contribution is 2.39. The number of nitrogens with one attached hydrogen (secondary N) is 1. The highest BCUT2D eigenvalue weighted by atomic mass is 16.1. The molecule has 0 aromatic heterocycles. The van der Waals surface area contributed by atoms with Crippen molar-refractivity contribution in [2.75, 3.05) is 6.54 Å². The van der Waals surface area contributed by atoms with Gasteiger partial charge in [0.1, 0.15) is 0 Å². The van der Waals surface area contributed by atoms with Crippen molar-refractivity contribution in [3.63, 3.8) is 0 Å². The first-order valence-corrected chi connectivity index (χ1v) is 5.70. The fourth-order valence-electron chi connectivity index (χ4n) is 2.86. The molecule has 0 saturated carbocycles. The number of carbonyl (C=O) groups is 1. The predicted molar refractivity (Wildman–Crippen MR) is 59.0 cm³/mol. The molecule has 1 aliphatic heterocycles. The van der Waals surface area contributed by atoms with Gasteiger partial charge in [0.05, 0.1) is 0 Å². The Hall–Kier alpha value is -0.530. The largest absolute Gasteiger partial charge is 0.356 e. The molecule has 1 rings (SSSR count). The Morgan fingerprint density at radius 1 is 1.21 bits per heavy atom. The van der Waals surface area contributed by atoms with Crippen molar-refractivity contribution in [2.24, 2.45) is 17.3 Å². The molecule has 1 fully saturated rings. The summed E-state index contributed by atoms with van der Waals surface area (Å²) in [6.45, 7) is 9.85. The van der Waals surface area contributed by atoms with E-state index in [9.17, 15) is 4.79 Å². The second kappa shape index (κ2) is 4.33. The Labute approximate surface area is 87.5 Å². The quantitative estimate of drug-likeness (QED) is 0.737. The van der Waals surface area contributed by atoms with Crippen molar-refractivity contribution >= 4 is 5.91 Å². The second-order valence-corrected chi connectivity index (χ2v) is 5.65. The van der Waals surface area contributed by atoms with Crippen LogP contribution >= 0.6 is 0 Å². The van der Waals surface area contributed by atoms with Crippen LogP contribution in [-0.2, 0) is 4.79 Å². The predicted octanol–water partition coefficient (Wildman–Crippen LogP) is 2.58. The molecule has 0 aliphatic carbocycles. The van der Waals surface area contributed by atoms with E-state index in [1.54, 1.807) is 0 Å². The third-order valence-electron chi connectivity index (χ3n) is 2.88. The SMILES string of the molecule is CC(C)CC1(CC(C)C)CNC(=O)C1. The van der Waals surface area contributed by atoms with Gasteiger partial charge in [0.2, 0.25) is 5.91 Å². The van der Waals surface area contributed by atoms with Gasteiger partial charge >= 0.3 is 0 Å². The van der Waals surface area contributed by atoms with E-state index in [0.717, 1.165) is 13.0 Å². The van der Waals surface area contributed by atoms with Crippen LogP contribution in [0.1, 0.15) is 47.0 Å². The third kappa shape index (κ3) is 3.00. The molecule has 14 heavy (non-hydrogen) atoms. The zero-order valence-corrected chi connectivity index (χ0v) is 9.89. The lowest BCUT2D eigenvalue weighted by Crippen LogP contribution is -2.27. The molecule has 82 valence electrons. The van der Waals surface area contributed by atoms with Gasteiger partial charge in [-0.3, -0.25) is 4.79 Å². The molecule has 1 amide bonds. The summed E-state index contributed by atoms with van der Waals surface area (Å²) in [4.78, 5) is 11.3. The zero-order valence-electron chi connectivity index (χ0n) is 9.89. The highest BCUT2D eigenvalue weighted by molar-refractivity contribution is 5.79. The van der Waals surface area contributed by atoms with Crippen molar-refractivity contribution in [3.8, 4) is 0 Å². The van der Waals surface area contributed by atoms with Gasteiger partial charge in [-0.1, -0.05) is 27.7 Å². The number of rotatable bonds is 4. The number of hydrogen-bond donors (Lipinski definition) is 1. The van der Waals surface area contributed by atoms with Crippen LogP contribution < -0.4 is 5.32 Å². The molecular weight excluding hydrogens is 174 g/mol. The fraction of sp³-hybridized carbons (Fsp3) is 0.917. The zero-order chi connectivity index (χ0) is 10.8. The summed E-state index contributed by atoms with van der Waals surface area (Å²) in [6.07, 6.45) is 3.08. The summed E-state index contributed by atoms with van der Waals surface area (Å²) < 4.78 is 0. The average molecular weight is 197 g/mol. The Morgan fingerprint density at radius 3 is 2.00 bits per heavy atom. The molecule has 0 aromatic rings. The van der Waals surface area contributed by atoms with Gasteiger partial charge in [0.15, 0.2) is 0 Å².